The molecular formula is C30H37F3N4O2. The first kappa shape index (κ1) is 27.5. The van der Waals surface area contributed by atoms with Crippen LogP contribution in [0.5, 0.6) is 0 Å². The van der Waals surface area contributed by atoms with Crippen LogP contribution < -0.4 is 11.1 Å². The number of alkyl halides is 3. The van der Waals surface area contributed by atoms with Gasteiger partial charge in [-0.1, -0.05) is 36.8 Å². The van der Waals surface area contributed by atoms with Crippen molar-refractivity contribution in [3.63, 3.8) is 0 Å². The van der Waals surface area contributed by atoms with Gasteiger partial charge in [0.2, 0.25) is 5.91 Å². The number of benzene rings is 2. The van der Waals surface area contributed by atoms with Crippen LogP contribution >= 0.6 is 0 Å². The molecule has 9 heteroatoms. The third-order valence-corrected chi connectivity index (χ3v) is 8.94. The van der Waals surface area contributed by atoms with Gasteiger partial charge < -0.3 is 20.9 Å². The maximum Gasteiger partial charge on any atom is 0.395 e. The molecule has 0 radical (unpaired) electrons. The number of amides is 2. The van der Waals surface area contributed by atoms with Crippen molar-refractivity contribution in [3.8, 4) is 11.1 Å². The SMILES string of the molecule is NC(=O)[C@@H]1CCCN1C(=O)c1ccccc1-c1ccc(NCC2CCN(CC3(C(F)(F)F)CCC3)CC2)cc1. The smallest absolute Gasteiger partial charge is 0.385 e. The Hall–Kier alpha value is -3.07. The lowest BCUT2D eigenvalue weighted by atomic mass is 9.67. The lowest BCUT2D eigenvalue weighted by Gasteiger charge is -2.47. The summed E-state index contributed by atoms with van der Waals surface area (Å²) >= 11 is 0. The molecule has 2 aliphatic heterocycles. The van der Waals surface area contributed by atoms with Gasteiger partial charge in [-0.3, -0.25) is 9.59 Å². The van der Waals surface area contributed by atoms with E-state index in [0.717, 1.165) is 42.6 Å². The Morgan fingerprint density at radius 3 is 2.26 bits per heavy atom. The lowest BCUT2D eigenvalue weighted by molar-refractivity contribution is -0.256. The summed E-state index contributed by atoms with van der Waals surface area (Å²) in [5.41, 5.74) is 7.26. The highest BCUT2D eigenvalue weighted by Crippen LogP contribution is 2.53. The van der Waals surface area contributed by atoms with Crippen LogP contribution in [0.3, 0.4) is 0 Å². The predicted molar refractivity (Wildman–Crippen MR) is 145 cm³/mol. The normalized spacial score (nSPS) is 21.9. The molecule has 0 aromatic heterocycles. The number of carbonyl (C=O) groups is 2. The number of rotatable bonds is 8. The van der Waals surface area contributed by atoms with Crippen molar-refractivity contribution in [2.45, 2.75) is 57.2 Å². The van der Waals surface area contributed by atoms with E-state index in [9.17, 15) is 22.8 Å². The Labute approximate surface area is 227 Å². The van der Waals surface area contributed by atoms with Crippen molar-refractivity contribution in [3.05, 3.63) is 54.1 Å². The van der Waals surface area contributed by atoms with E-state index >= 15 is 0 Å². The highest BCUT2D eigenvalue weighted by atomic mass is 19.4. The molecule has 3 fully saturated rings. The second-order valence-corrected chi connectivity index (χ2v) is 11.4. The van der Waals surface area contributed by atoms with E-state index in [1.807, 2.05) is 47.4 Å². The summed E-state index contributed by atoms with van der Waals surface area (Å²) in [6.45, 7) is 2.86. The third-order valence-electron chi connectivity index (χ3n) is 8.94. The number of hydrogen-bond donors (Lipinski definition) is 2. The maximum absolute atomic E-state index is 13.5. The molecule has 3 N–H and O–H groups in total. The van der Waals surface area contributed by atoms with Crippen molar-refractivity contribution in [2.75, 3.05) is 38.0 Å². The van der Waals surface area contributed by atoms with Crippen LogP contribution in [0.4, 0.5) is 18.9 Å². The van der Waals surface area contributed by atoms with Crippen LogP contribution in [0.2, 0.25) is 0 Å². The fraction of sp³-hybridized carbons (Fsp3) is 0.533. The van der Waals surface area contributed by atoms with E-state index in [1.165, 1.54) is 0 Å². The van der Waals surface area contributed by atoms with Crippen molar-refractivity contribution >= 4 is 17.5 Å². The standard InChI is InChI=1S/C30H37F3N4O2/c31-30(32,33)29(14-4-15-29)20-36-17-12-21(13-18-36)19-35-23-10-8-22(9-11-23)24-5-1-2-6-25(24)28(39)37-16-3-7-26(37)27(34)38/h1-2,5-6,8-11,21,26,35H,3-4,7,12-20H2,(H2,34,38)/t26-/m0/s1. The Bertz CT molecular complexity index is 1170. The van der Waals surface area contributed by atoms with E-state index < -0.39 is 23.5 Å². The van der Waals surface area contributed by atoms with Gasteiger partial charge in [0, 0.05) is 30.9 Å². The number of anilines is 1. The Morgan fingerprint density at radius 2 is 1.64 bits per heavy atom. The molecule has 2 aromatic carbocycles. The Kier molecular flexibility index (Phi) is 7.89. The molecular weight excluding hydrogens is 505 g/mol. The average molecular weight is 543 g/mol. The second kappa shape index (κ2) is 11.2. The number of carbonyl (C=O) groups excluding carboxylic acids is 2. The molecule has 1 saturated carbocycles. The van der Waals surface area contributed by atoms with Gasteiger partial charge in [0.1, 0.15) is 6.04 Å². The van der Waals surface area contributed by atoms with Crippen molar-refractivity contribution in [2.24, 2.45) is 17.1 Å². The van der Waals surface area contributed by atoms with E-state index in [-0.39, 0.29) is 25.3 Å². The lowest BCUT2D eigenvalue weighted by Crippen LogP contribution is -2.53. The first-order chi connectivity index (χ1) is 18.7. The molecule has 3 aliphatic rings. The van der Waals surface area contributed by atoms with E-state index in [0.29, 0.717) is 44.0 Å². The molecule has 1 aliphatic carbocycles. The monoisotopic (exact) mass is 542 g/mol. The zero-order valence-electron chi connectivity index (χ0n) is 22.2. The van der Waals surface area contributed by atoms with Gasteiger partial charge in [0.05, 0.1) is 5.41 Å². The molecule has 210 valence electrons. The van der Waals surface area contributed by atoms with Crippen LogP contribution in [-0.2, 0) is 4.79 Å². The summed E-state index contributed by atoms with van der Waals surface area (Å²) in [4.78, 5) is 28.7. The number of nitrogens with one attached hydrogen (secondary N) is 1. The fourth-order valence-electron chi connectivity index (χ4n) is 6.32. The minimum absolute atomic E-state index is 0.142. The second-order valence-electron chi connectivity index (χ2n) is 11.4. The molecule has 6 nitrogen and oxygen atoms in total. The van der Waals surface area contributed by atoms with Crippen LogP contribution in [0.1, 0.15) is 55.3 Å². The number of likely N-dealkylation sites (tertiary alicyclic amines) is 2. The molecule has 0 unspecified atom stereocenters. The van der Waals surface area contributed by atoms with E-state index in [1.54, 1.807) is 11.0 Å². The molecule has 2 amide bonds. The van der Waals surface area contributed by atoms with Crippen LogP contribution in [-0.4, -0.2) is 66.6 Å². The summed E-state index contributed by atoms with van der Waals surface area (Å²) in [6.07, 6.45) is 0.219. The van der Waals surface area contributed by atoms with Gasteiger partial charge in [-0.2, -0.15) is 13.2 Å². The minimum Gasteiger partial charge on any atom is -0.385 e. The molecule has 1 atom stereocenters. The number of piperidine rings is 1. The number of nitrogens with two attached hydrogens (primary N) is 1. The van der Waals surface area contributed by atoms with Crippen molar-refractivity contribution < 1.29 is 22.8 Å². The molecule has 2 saturated heterocycles. The van der Waals surface area contributed by atoms with Crippen LogP contribution in [0, 0.1) is 11.3 Å². The van der Waals surface area contributed by atoms with E-state index in [4.69, 9.17) is 5.73 Å². The summed E-state index contributed by atoms with van der Waals surface area (Å²) < 4.78 is 40.6. The summed E-state index contributed by atoms with van der Waals surface area (Å²) in [6, 6.07) is 14.8. The number of nitrogens with zero attached hydrogens (tertiary/aromatic N) is 2. The molecule has 0 bridgehead atoms. The Morgan fingerprint density at radius 1 is 0.949 bits per heavy atom. The zero-order chi connectivity index (χ0) is 27.6. The van der Waals surface area contributed by atoms with Crippen molar-refractivity contribution in [1.29, 1.82) is 0 Å². The summed E-state index contributed by atoms with van der Waals surface area (Å²) in [5.74, 6) is -0.233. The van der Waals surface area contributed by atoms with Gasteiger partial charge in [-0.05, 0) is 86.9 Å². The maximum atomic E-state index is 13.5. The summed E-state index contributed by atoms with van der Waals surface area (Å²) in [5, 5.41) is 3.48. The fourth-order valence-corrected chi connectivity index (χ4v) is 6.32. The predicted octanol–water partition coefficient (Wildman–Crippen LogP) is 5.30. The summed E-state index contributed by atoms with van der Waals surface area (Å²) in [7, 11) is 0. The molecule has 2 heterocycles. The largest absolute Gasteiger partial charge is 0.395 e. The van der Waals surface area contributed by atoms with Crippen LogP contribution in [0.25, 0.3) is 11.1 Å². The van der Waals surface area contributed by atoms with Gasteiger partial charge in [-0.15, -0.1) is 0 Å². The molecule has 0 spiro atoms. The number of primary amides is 1. The highest BCUT2D eigenvalue weighted by molar-refractivity contribution is 6.03. The highest BCUT2D eigenvalue weighted by Gasteiger charge is 2.58. The van der Waals surface area contributed by atoms with Gasteiger partial charge in [0.25, 0.3) is 5.91 Å². The van der Waals surface area contributed by atoms with Gasteiger partial charge >= 0.3 is 6.18 Å². The molecule has 2 aromatic rings. The first-order valence-corrected chi connectivity index (χ1v) is 14.0. The van der Waals surface area contributed by atoms with E-state index in [2.05, 4.69) is 5.32 Å². The topological polar surface area (TPSA) is 78.7 Å². The number of hydrogen-bond acceptors (Lipinski definition) is 4. The molecule has 39 heavy (non-hydrogen) atoms. The van der Waals surface area contributed by atoms with Gasteiger partial charge in [-0.25, -0.2) is 0 Å². The third kappa shape index (κ3) is 5.78. The quantitative estimate of drug-likeness (QED) is 0.475. The Balaban J connectivity index is 1.16. The average Bonchev–Trinajstić information content (AvgIpc) is 3.40. The van der Waals surface area contributed by atoms with Crippen molar-refractivity contribution in [1.82, 2.24) is 9.80 Å². The number of halogens is 3. The van der Waals surface area contributed by atoms with Gasteiger partial charge in [0.15, 0.2) is 0 Å². The first-order valence-electron chi connectivity index (χ1n) is 14.0. The molecule has 5 rings (SSSR count). The van der Waals surface area contributed by atoms with Crippen LogP contribution in [0.15, 0.2) is 48.5 Å². The zero-order valence-corrected chi connectivity index (χ0v) is 22.2. The minimum atomic E-state index is -4.11.